The number of benzene rings is 1. The average molecular weight is 277 g/mol. The van der Waals surface area contributed by atoms with Crippen LogP contribution in [0.5, 0.6) is 0 Å². The second-order valence-corrected chi connectivity index (χ2v) is 4.15. The largest absolute Gasteiger partial charge is 0.465 e. The Hall–Kier alpha value is -1.76. The molecule has 0 aromatic heterocycles. The molecule has 1 rings (SSSR count). The summed E-state index contributed by atoms with van der Waals surface area (Å²) in [6, 6.07) is 3.65. The lowest BCUT2D eigenvalue weighted by Gasteiger charge is -2.22. The van der Waals surface area contributed by atoms with E-state index in [-0.39, 0.29) is 0 Å². The standard InChI is InChI=1S/C12H14F3NO3/c1-7(10(6-17)16-11(18)19)8-2-4-9(5-3-8)12(13,14)15/h2-5,7,10,16-17H,6H2,1H3,(H,18,19)/t7-,10-/m1/s1. The Morgan fingerprint density at radius 2 is 1.84 bits per heavy atom. The number of amides is 1. The van der Waals surface area contributed by atoms with Gasteiger partial charge in [-0.1, -0.05) is 19.1 Å². The Morgan fingerprint density at radius 1 is 1.32 bits per heavy atom. The minimum Gasteiger partial charge on any atom is -0.465 e. The predicted octanol–water partition coefficient (Wildman–Crippen LogP) is 2.44. The van der Waals surface area contributed by atoms with E-state index in [1.807, 2.05) is 0 Å². The summed E-state index contributed by atoms with van der Waals surface area (Å²) in [5.41, 5.74) is -0.254. The highest BCUT2D eigenvalue weighted by atomic mass is 19.4. The lowest BCUT2D eigenvalue weighted by Crippen LogP contribution is -2.40. The van der Waals surface area contributed by atoms with Gasteiger partial charge < -0.3 is 15.5 Å². The van der Waals surface area contributed by atoms with Gasteiger partial charge in [0.05, 0.1) is 18.2 Å². The highest BCUT2D eigenvalue weighted by Crippen LogP contribution is 2.30. The van der Waals surface area contributed by atoms with Crippen molar-refractivity contribution in [1.29, 1.82) is 0 Å². The highest BCUT2D eigenvalue weighted by molar-refractivity contribution is 5.65. The summed E-state index contributed by atoms with van der Waals surface area (Å²) in [4.78, 5) is 10.5. The van der Waals surface area contributed by atoms with E-state index in [4.69, 9.17) is 10.2 Å². The van der Waals surface area contributed by atoms with Crippen LogP contribution in [0, 0.1) is 0 Å². The predicted molar refractivity (Wildman–Crippen MR) is 61.9 cm³/mol. The van der Waals surface area contributed by atoms with Gasteiger partial charge in [0.25, 0.3) is 0 Å². The molecular weight excluding hydrogens is 263 g/mol. The van der Waals surface area contributed by atoms with Gasteiger partial charge in [0.15, 0.2) is 0 Å². The Balaban J connectivity index is 2.87. The number of aliphatic hydroxyl groups is 1. The second-order valence-electron chi connectivity index (χ2n) is 4.15. The van der Waals surface area contributed by atoms with Gasteiger partial charge in [-0.25, -0.2) is 4.79 Å². The molecule has 2 atom stereocenters. The Labute approximate surface area is 107 Å². The Kier molecular flexibility index (Phi) is 4.77. The minimum atomic E-state index is -4.41. The maximum atomic E-state index is 12.4. The van der Waals surface area contributed by atoms with E-state index >= 15 is 0 Å². The Bertz CT molecular complexity index is 431. The molecule has 0 bridgehead atoms. The summed E-state index contributed by atoms with van der Waals surface area (Å²) in [6.07, 6.45) is -5.70. The molecule has 7 heteroatoms. The molecule has 0 heterocycles. The van der Waals surface area contributed by atoms with E-state index in [0.29, 0.717) is 5.56 Å². The fourth-order valence-electron chi connectivity index (χ4n) is 1.70. The third-order valence-electron chi connectivity index (χ3n) is 2.87. The van der Waals surface area contributed by atoms with Crippen LogP contribution in [0.15, 0.2) is 24.3 Å². The molecule has 19 heavy (non-hydrogen) atoms. The van der Waals surface area contributed by atoms with Crippen LogP contribution < -0.4 is 5.32 Å². The minimum absolute atomic E-state index is 0.436. The molecule has 0 aliphatic carbocycles. The molecule has 4 nitrogen and oxygen atoms in total. The zero-order valence-electron chi connectivity index (χ0n) is 10.1. The topological polar surface area (TPSA) is 69.6 Å². The maximum Gasteiger partial charge on any atom is 0.416 e. The van der Waals surface area contributed by atoms with Crippen LogP contribution in [0.2, 0.25) is 0 Å². The first kappa shape index (κ1) is 15.3. The summed E-state index contributed by atoms with van der Waals surface area (Å²) in [5, 5.41) is 19.8. The molecule has 0 saturated heterocycles. The van der Waals surface area contributed by atoms with Gasteiger partial charge in [0.1, 0.15) is 0 Å². The van der Waals surface area contributed by atoms with Crippen molar-refractivity contribution in [2.24, 2.45) is 0 Å². The molecule has 1 aromatic rings. The molecule has 3 N–H and O–H groups in total. The lowest BCUT2D eigenvalue weighted by atomic mass is 9.93. The van der Waals surface area contributed by atoms with Crippen molar-refractivity contribution in [3.8, 4) is 0 Å². The number of rotatable bonds is 4. The van der Waals surface area contributed by atoms with Gasteiger partial charge in [-0.3, -0.25) is 0 Å². The molecule has 0 aliphatic rings. The SMILES string of the molecule is C[C@H](c1ccc(C(F)(F)F)cc1)[C@@H](CO)NC(=O)O. The van der Waals surface area contributed by atoms with E-state index in [1.165, 1.54) is 12.1 Å². The normalized spacial score (nSPS) is 14.8. The van der Waals surface area contributed by atoms with Gasteiger partial charge in [0.2, 0.25) is 0 Å². The highest BCUT2D eigenvalue weighted by Gasteiger charge is 2.30. The average Bonchev–Trinajstić information content (AvgIpc) is 2.34. The summed E-state index contributed by atoms with van der Waals surface area (Å²) in [7, 11) is 0. The van der Waals surface area contributed by atoms with Crippen LogP contribution in [0.3, 0.4) is 0 Å². The molecule has 106 valence electrons. The fraction of sp³-hybridized carbons (Fsp3) is 0.417. The third kappa shape index (κ3) is 4.13. The van der Waals surface area contributed by atoms with E-state index in [0.717, 1.165) is 12.1 Å². The van der Waals surface area contributed by atoms with Crippen molar-refractivity contribution >= 4 is 6.09 Å². The fourth-order valence-corrected chi connectivity index (χ4v) is 1.70. The monoisotopic (exact) mass is 277 g/mol. The number of carbonyl (C=O) groups is 1. The molecule has 0 spiro atoms. The molecule has 1 aromatic carbocycles. The maximum absolute atomic E-state index is 12.4. The molecule has 0 fully saturated rings. The van der Waals surface area contributed by atoms with Crippen molar-refractivity contribution < 1.29 is 28.2 Å². The molecular formula is C12H14F3NO3. The van der Waals surface area contributed by atoms with Crippen LogP contribution in [-0.4, -0.2) is 29.0 Å². The quantitative estimate of drug-likeness (QED) is 0.791. The first-order valence-corrected chi connectivity index (χ1v) is 5.53. The summed E-state index contributed by atoms with van der Waals surface area (Å²) in [5.74, 6) is -0.441. The number of hydrogen-bond acceptors (Lipinski definition) is 2. The van der Waals surface area contributed by atoms with Crippen LogP contribution in [0.4, 0.5) is 18.0 Å². The zero-order valence-corrected chi connectivity index (χ0v) is 10.1. The first-order chi connectivity index (χ1) is 8.75. The van der Waals surface area contributed by atoms with E-state index < -0.39 is 36.4 Å². The molecule has 0 radical (unpaired) electrons. The number of carboxylic acid groups (broad SMARTS) is 1. The van der Waals surface area contributed by atoms with Crippen molar-refractivity contribution in [3.63, 3.8) is 0 Å². The number of hydrogen-bond donors (Lipinski definition) is 3. The third-order valence-corrected chi connectivity index (χ3v) is 2.87. The van der Waals surface area contributed by atoms with Crippen LogP contribution in [-0.2, 0) is 6.18 Å². The molecule has 1 amide bonds. The van der Waals surface area contributed by atoms with Crippen LogP contribution in [0.25, 0.3) is 0 Å². The van der Waals surface area contributed by atoms with Gasteiger partial charge in [-0.2, -0.15) is 13.2 Å². The second kappa shape index (κ2) is 5.92. The van der Waals surface area contributed by atoms with E-state index in [9.17, 15) is 18.0 Å². The van der Waals surface area contributed by atoms with Crippen molar-refractivity contribution in [1.82, 2.24) is 5.32 Å². The van der Waals surface area contributed by atoms with Crippen molar-refractivity contribution in [2.75, 3.05) is 6.61 Å². The van der Waals surface area contributed by atoms with E-state index in [2.05, 4.69) is 5.32 Å². The van der Waals surface area contributed by atoms with Crippen molar-refractivity contribution in [2.45, 2.75) is 25.1 Å². The van der Waals surface area contributed by atoms with Crippen molar-refractivity contribution in [3.05, 3.63) is 35.4 Å². The molecule has 0 unspecified atom stereocenters. The number of aliphatic hydroxyl groups excluding tert-OH is 1. The number of nitrogens with one attached hydrogen (secondary N) is 1. The van der Waals surface area contributed by atoms with Gasteiger partial charge in [0, 0.05) is 5.92 Å². The van der Waals surface area contributed by atoms with Gasteiger partial charge in [-0.15, -0.1) is 0 Å². The smallest absolute Gasteiger partial charge is 0.416 e. The first-order valence-electron chi connectivity index (χ1n) is 5.53. The van der Waals surface area contributed by atoms with Crippen LogP contribution >= 0.6 is 0 Å². The van der Waals surface area contributed by atoms with Gasteiger partial charge in [-0.05, 0) is 17.7 Å². The van der Waals surface area contributed by atoms with Crippen LogP contribution in [0.1, 0.15) is 24.0 Å². The Morgan fingerprint density at radius 3 is 2.21 bits per heavy atom. The van der Waals surface area contributed by atoms with Gasteiger partial charge >= 0.3 is 12.3 Å². The number of halogens is 3. The lowest BCUT2D eigenvalue weighted by molar-refractivity contribution is -0.137. The molecule has 0 aliphatic heterocycles. The molecule has 0 saturated carbocycles. The number of alkyl halides is 3. The zero-order chi connectivity index (χ0) is 14.6. The summed E-state index contributed by atoms with van der Waals surface area (Å²) >= 11 is 0. The summed E-state index contributed by atoms with van der Waals surface area (Å²) in [6.45, 7) is 1.19. The van der Waals surface area contributed by atoms with E-state index in [1.54, 1.807) is 6.92 Å². The summed E-state index contributed by atoms with van der Waals surface area (Å²) < 4.78 is 37.2.